The van der Waals surface area contributed by atoms with Gasteiger partial charge < -0.3 is 4.48 Å². The summed E-state index contributed by atoms with van der Waals surface area (Å²) in [5, 5.41) is 0. The molecule has 0 saturated heterocycles. The van der Waals surface area contributed by atoms with Gasteiger partial charge in [0.2, 0.25) is 0 Å². The van der Waals surface area contributed by atoms with Crippen LogP contribution in [0.15, 0.2) is 91.0 Å². The summed E-state index contributed by atoms with van der Waals surface area (Å²) in [6.07, 6.45) is 2.19. The summed E-state index contributed by atoms with van der Waals surface area (Å²) < 4.78 is 0.980. The zero-order valence-corrected chi connectivity index (χ0v) is 15.3. The Morgan fingerprint density at radius 2 is 0.920 bits per heavy atom. The number of hydrogen-bond acceptors (Lipinski definition) is 0. The molecule has 3 aromatic rings. The highest BCUT2D eigenvalue weighted by Crippen LogP contribution is 2.21. The summed E-state index contributed by atoms with van der Waals surface area (Å²) in [5.41, 5.74) is 4.24. The van der Waals surface area contributed by atoms with Crippen molar-refractivity contribution in [3.63, 3.8) is 0 Å². The van der Waals surface area contributed by atoms with E-state index in [1.54, 1.807) is 0 Å². The first-order valence-electron chi connectivity index (χ1n) is 9.08. The molecule has 0 aromatic heterocycles. The maximum absolute atomic E-state index is 2.36. The molecule has 0 bridgehead atoms. The fourth-order valence-corrected chi connectivity index (χ4v) is 3.52. The van der Waals surface area contributed by atoms with E-state index >= 15 is 0 Å². The Balaban J connectivity index is 1.83. The van der Waals surface area contributed by atoms with E-state index in [4.69, 9.17) is 0 Å². The third-order valence-electron chi connectivity index (χ3n) is 5.05. The molecule has 0 aliphatic heterocycles. The molecule has 0 radical (unpaired) electrons. The number of benzene rings is 3. The van der Waals surface area contributed by atoms with Crippen LogP contribution in [0.4, 0.5) is 0 Å². The second kappa shape index (κ2) is 8.13. The van der Waals surface area contributed by atoms with Crippen LogP contribution < -0.4 is 0 Å². The van der Waals surface area contributed by atoms with Gasteiger partial charge in [-0.1, -0.05) is 91.0 Å². The largest absolute Gasteiger partial charge is 0.322 e. The standard InChI is InChI=1S/C24H28N/c1-25(2,20-23-16-10-5-11-17-23)24(18-21-12-6-3-7-13-21)19-22-14-8-4-9-15-22/h3-17,24H,18-20H2,1-2H3/q+1. The normalized spacial score (nSPS) is 11.6. The van der Waals surface area contributed by atoms with Gasteiger partial charge in [-0.25, -0.2) is 0 Å². The molecule has 0 saturated carbocycles. The van der Waals surface area contributed by atoms with Crippen molar-refractivity contribution in [2.75, 3.05) is 14.1 Å². The Kier molecular flexibility index (Phi) is 5.67. The van der Waals surface area contributed by atoms with E-state index in [0.717, 1.165) is 23.9 Å². The number of rotatable bonds is 7. The Hall–Kier alpha value is -2.38. The van der Waals surface area contributed by atoms with E-state index in [9.17, 15) is 0 Å². The molecule has 0 aliphatic rings. The number of nitrogens with zero attached hydrogens (tertiary/aromatic N) is 1. The van der Waals surface area contributed by atoms with Crippen molar-refractivity contribution in [1.29, 1.82) is 0 Å². The van der Waals surface area contributed by atoms with Crippen molar-refractivity contribution >= 4 is 0 Å². The second-order valence-corrected chi connectivity index (χ2v) is 7.46. The number of hydrogen-bond donors (Lipinski definition) is 0. The fourth-order valence-electron chi connectivity index (χ4n) is 3.52. The molecule has 0 spiro atoms. The summed E-state index contributed by atoms with van der Waals surface area (Å²) in [4.78, 5) is 0. The van der Waals surface area contributed by atoms with Crippen LogP contribution in [0.1, 0.15) is 16.7 Å². The van der Waals surface area contributed by atoms with E-state index in [1.165, 1.54) is 16.7 Å². The monoisotopic (exact) mass is 330 g/mol. The van der Waals surface area contributed by atoms with Crippen LogP contribution in [-0.2, 0) is 19.4 Å². The van der Waals surface area contributed by atoms with E-state index in [1.807, 2.05) is 0 Å². The minimum Gasteiger partial charge on any atom is -0.322 e. The van der Waals surface area contributed by atoms with E-state index in [0.29, 0.717) is 6.04 Å². The third-order valence-corrected chi connectivity index (χ3v) is 5.05. The molecule has 128 valence electrons. The van der Waals surface area contributed by atoms with Crippen LogP contribution in [0.5, 0.6) is 0 Å². The minimum atomic E-state index is 0.532. The van der Waals surface area contributed by atoms with E-state index in [2.05, 4.69) is 105 Å². The van der Waals surface area contributed by atoms with Crippen molar-refractivity contribution in [2.24, 2.45) is 0 Å². The molecule has 0 amide bonds. The van der Waals surface area contributed by atoms with Gasteiger partial charge in [0.15, 0.2) is 0 Å². The van der Waals surface area contributed by atoms with Crippen LogP contribution in [0.3, 0.4) is 0 Å². The first-order chi connectivity index (χ1) is 12.1. The van der Waals surface area contributed by atoms with Crippen LogP contribution >= 0.6 is 0 Å². The van der Waals surface area contributed by atoms with Crippen LogP contribution in [0.25, 0.3) is 0 Å². The molecule has 0 aliphatic carbocycles. The minimum absolute atomic E-state index is 0.532. The van der Waals surface area contributed by atoms with Gasteiger partial charge in [0, 0.05) is 18.4 Å². The molecular formula is C24H28N+. The summed E-state index contributed by atoms with van der Waals surface area (Å²) in [5.74, 6) is 0. The van der Waals surface area contributed by atoms with Gasteiger partial charge in [-0.2, -0.15) is 0 Å². The van der Waals surface area contributed by atoms with Crippen LogP contribution in [0, 0.1) is 0 Å². The maximum atomic E-state index is 2.36. The maximum Gasteiger partial charge on any atom is 0.104 e. The lowest BCUT2D eigenvalue weighted by Crippen LogP contribution is -2.50. The Bertz CT molecular complexity index is 706. The smallest absolute Gasteiger partial charge is 0.104 e. The van der Waals surface area contributed by atoms with Gasteiger partial charge in [-0.3, -0.25) is 0 Å². The topological polar surface area (TPSA) is 0 Å². The van der Waals surface area contributed by atoms with Gasteiger partial charge in [-0.15, -0.1) is 0 Å². The van der Waals surface area contributed by atoms with E-state index in [-0.39, 0.29) is 0 Å². The average molecular weight is 330 g/mol. The molecular weight excluding hydrogens is 302 g/mol. The Morgan fingerprint density at radius 1 is 0.560 bits per heavy atom. The van der Waals surface area contributed by atoms with E-state index < -0.39 is 0 Å². The lowest BCUT2D eigenvalue weighted by molar-refractivity contribution is -0.927. The van der Waals surface area contributed by atoms with Crippen molar-refractivity contribution in [3.05, 3.63) is 108 Å². The molecule has 25 heavy (non-hydrogen) atoms. The van der Waals surface area contributed by atoms with Gasteiger partial charge in [0.25, 0.3) is 0 Å². The first kappa shape index (κ1) is 17.4. The fraction of sp³-hybridized carbons (Fsp3) is 0.250. The summed E-state index contributed by atoms with van der Waals surface area (Å²) in [7, 11) is 4.73. The summed E-state index contributed by atoms with van der Waals surface area (Å²) in [6, 6.07) is 33.2. The zero-order valence-electron chi connectivity index (χ0n) is 15.3. The third kappa shape index (κ3) is 5.04. The van der Waals surface area contributed by atoms with Crippen molar-refractivity contribution in [1.82, 2.24) is 0 Å². The highest BCUT2D eigenvalue weighted by Gasteiger charge is 2.29. The molecule has 0 heterocycles. The lowest BCUT2D eigenvalue weighted by atomic mass is 9.95. The summed E-state index contributed by atoms with van der Waals surface area (Å²) in [6.45, 7) is 1.05. The summed E-state index contributed by atoms with van der Waals surface area (Å²) >= 11 is 0. The number of quaternary nitrogens is 1. The van der Waals surface area contributed by atoms with Crippen molar-refractivity contribution in [3.8, 4) is 0 Å². The number of likely N-dealkylation sites (N-methyl/N-ethyl adjacent to an activating group) is 1. The van der Waals surface area contributed by atoms with Crippen LogP contribution in [-0.4, -0.2) is 24.6 Å². The predicted octanol–water partition coefficient (Wildman–Crippen LogP) is 5.12. The zero-order chi connectivity index (χ0) is 17.5. The van der Waals surface area contributed by atoms with Crippen LogP contribution in [0.2, 0.25) is 0 Å². The molecule has 1 nitrogen and oxygen atoms in total. The molecule has 0 N–H and O–H groups in total. The van der Waals surface area contributed by atoms with Gasteiger partial charge >= 0.3 is 0 Å². The van der Waals surface area contributed by atoms with Gasteiger partial charge in [-0.05, 0) is 11.1 Å². The highest BCUT2D eigenvalue weighted by atomic mass is 15.3. The Labute approximate surface area is 152 Å². The second-order valence-electron chi connectivity index (χ2n) is 7.46. The molecule has 0 fully saturated rings. The quantitative estimate of drug-likeness (QED) is 0.528. The predicted molar refractivity (Wildman–Crippen MR) is 106 cm³/mol. The molecule has 3 rings (SSSR count). The first-order valence-corrected chi connectivity index (χ1v) is 9.08. The SMILES string of the molecule is C[N+](C)(Cc1ccccc1)C(Cc1ccccc1)Cc1ccccc1. The van der Waals surface area contributed by atoms with Gasteiger partial charge in [0.05, 0.1) is 20.1 Å². The van der Waals surface area contributed by atoms with Crippen molar-refractivity contribution < 1.29 is 4.48 Å². The van der Waals surface area contributed by atoms with Gasteiger partial charge in [0.1, 0.15) is 6.54 Å². The lowest BCUT2D eigenvalue weighted by Gasteiger charge is -2.39. The molecule has 0 atom stereocenters. The van der Waals surface area contributed by atoms with Crippen molar-refractivity contribution in [2.45, 2.75) is 25.4 Å². The Morgan fingerprint density at radius 3 is 1.32 bits per heavy atom. The molecule has 3 aromatic carbocycles. The molecule has 1 heteroatoms. The molecule has 0 unspecified atom stereocenters. The highest BCUT2D eigenvalue weighted by molar-refractivity contribution is 5.19. The average Bonchev–Trinajstić information content (AvgIpc) is 2.63.